The minimum Gasteiger partial charge on any atom is -0.496 e. The SMILES string of the molecule is COc1ccc(-c2coc3cc(OC)c(/C(C)=C/C(=O)Nc4cc(C)ccc4C)cc23)cc1OC. The zero-order chi connectivity index (χ0) is 25.1. The summed E-state index contributed by atoms with van der Waals surface area (Å²) in [6, 6.07) is 15.5. The number of benzene rings is 3. The van der Waals surface area contributed by atoms with E-state index in [4.69, 9.17) is 18.6 Å². The first-order chi connectivity index (χ1) is 16.8. The first kappa shape index (κ1) is 24.0. The Labute approximate surface area is 205 Å². The number of methoxy groups -OCH3 is 3. The average Bonchev–Trinajstić information content (AvgIpc) is 3.27. The lowest BCUT2D eigenvalue weighted by molar-refractivity contribution is -0.111. The Morgan fingerprint density at radius 1 is 0.886 bits per heavy atom. The maximum absolute atomic E-state index is 12.8. The predicted octanol–water partition coefficient (Wildman–Crippen LogP) is 6.78. The molecule has 4 rings (SSSR count). The van der Waals surface area contributed by atoms with Crippen molar-refractivity contribution in [2.45, 2.75) is 20.8 Å². The van der Waals surface area contributed by atoms with Gasteiger partial charge in [-0.3, -0.25) is 4.79 Å². The van der Waals surface area contributed by atoms with E-state index in [2.05, 4.69) is 5.32 Å². The number of nitrogens with one attached hydrogen (secondary N) is 1. The fourth-order valence-electron chi connectivity index (χ4n) is 4.07. The summed E-state index contributed by atoms with van der Waals surface area (Å²) >= 11 is 0. The zero-order valence-electron chi connectivity index (χ0n) is 20.8. The number of furan rings is 1. The normalized spacial score (nSPS) is 11.4. The van der Waals surface area contributed by atoms with E-state index >= 15 is 0 Å². The molecule has 6 nitrogen and oxygen atoms in total. The molecular formula is C29H29NO5. The zero-order valence-corrected chi connectivity index (χ0v) is 20.8. The molecule has 0 spiro atoms. The van der Waals surface area contributed by atoms with Gasteiger partial charge in [0.2, 0.25) is 5.91 Å². The molecule has 1 N–H and O–H groups in total. The van der Waals surface area contributed by atoms with Gasteiger partial charge in [-0.25, -0.2) is 0 Å². The molecule has 4 aromatic rings. The number of allylic oxidation sites excluding steroid dienone is 1. The predicted molar refractivity (Wildman–Crippen MR) is 140 cm³/mol. The Kier molecular flexibility index (Phi) is 6.82. The second kappa shape index (κ2) is 9.97. The quantitative estimate of drug-likeness (QED) is 0.301. The molecule has 0 aliphatic rings. The second-order valence-electron chi connectivity index (χ2n) is 8.40. The maximum Gasteiger partial charge on any atom is 0.248 e. The van der Waals surface area contributed by atoms with Crippen LogP contribution in [0.2, 0.25) is 0 Å². The van der Waals surface area contributed by atoms with E-state index in [1.54, 1.807) is 33.7 Å². The lowest BCUT2D eigenvalue weighted by Gasteiger charge is -2.12. The molecule has 0 aliphatic carbocycles. The molecule has 35 heavy (non-hydrogen) atoms. The highest BCUT2D eigenvalue weighted by molar-refractivity contribution is 6.05. The summed E-state index contributed by atoms with van der Waals surface area (Å²) in [6.45, 7) is 5.86. The molecule has 1 aromatic heterocycles. The number of carbonyl (C=O) groups is 1. The van der Waals surface area contributed by atoms with Gasteiger partial charge in [-0.1, -0.05) is 18.2 Å². The smallest absolute Gasteiger partial charge is 0.248 e. The van der Waals surface area contributed by atoms with Crippen molar-refractivity contribution in [2.24, 2.45) is 0 Å². The van der Waals surface area contributed by atoms with Crippen molar-refractivity contribution in [3.05, 3.63) is 77.6 Å². The summed E-state index contributed by atoms with van der Waals surface area (Å²) in [6.07, 6.45) is 3.29. The molecule has 180 valence electrons. The fraction of sp³-hybridized carbons (Fsp3) is 0.207. The number of hydrogen-bond donors (Lipinski definition) is 1. The van der Waals surface area contributed by atoms with Crippen LogP contribution in [0.15, 0.2) is 65.3 Å². The van der Waals surface area contributed by atoms with Crippen LogP contribution in [0.5, 0.6) is 17.2 Å². The Morgan fingerprint density at radius 2 is 1.63 bits per heavy atom. The standard InChI is InChI=1S/C29H29NO5/c1-17-7-8-18(2)24(11-17)30-29(31)12-19(3)21-14-22-23(16-35-27(22)15-26(21)33-5)20-9-10-25(32-4)28(13-20)34-6/h7-16H,1-6H3,(H,30,31)/b19-12+. The average molecular weight is 472 g/mol. The first-order valence-corrected chi connectivity index (χ1v) is 11.2. The summed E-state index contributed by atoms with van der Waals surface area (Å²) in [5.74, 6) is 1.71. The Hall–Kier alpha value is -4.19. The van der Waals surface area contributed by atoms with E-state index < -0.39 is 0 Å². The molecule has 3 aromatic carbocycles. The third kappa shape index (κ3) is 4.87. The van der Waals surface area contributed by atoms with Gasteiger partial charge in [0.25, 0.3) is 0 Å². The van der Waals surface area contributed by atoms with Crippen molar-refractivity contribution in [1.29, 1.82) is 0 Å². The van der Waals surface area contributed by atoms with Gasteiger partial charge in [0, 0.05) is 34.3 Å². The highest BCUT2D eigenvalue weighted by atomic mass is 16.5. The molecule has 0 bridgehead atoms. The number of amides is 1. The molecular weight excluding hydrogens is 442 g/mol. The van der Waals surface area contributed by atoms with Crippen LogP contribution in [-0.4, -0.2) is 27.2 Å². The topological polar surface area (TPSA) is 69.9 Å². The third-order valence-corrected chi connectivity index (χ3v) is 6.01. The van der Waals surface area contributed by atoms with E-state index in [-0.39, 0.29) is 5.91 Å². The van der Waals surface area contributed by atoms with E-state index in [1.165, 1.54) is 0 Å². The van der Waals surface area contributed by atoms with Crippen molar-refractivity contribution in [3.8, 4) is 28.4 Å². The van der Waals surface area contributed by atoms with Gasteiger partial charge in [-0.15, -0.1) is 0 Å². The Balaban J connectivity index is 1.73. The number of carbonyl (C=O) groups excluding carboxylic acids is 1. The van der Waals surface area contributed by atoms with Crippen LogP contribution in [0.3, 0.4) is 0 Å². The van der Waals surface area contributed by atoms with Gasteiger partial charge in [0.15, 0.2) is 11.5 Å². The molecule has 0 saturated heterocycles. The minimum atomic E-state index is -0.203. The second-order valence-corrected chi connectivity index (χ2v) is 8.40. The summed E-state index contributed by atoms with van der Waals surface area (Å²) in [7, 11) is 4.82. The van der Waals surface area contributed by atoms with Crippen LogP contribution in [0.25, 0.3) is 27.7 Å². The van der Waals surface area contributed by atoms with Gasteiger partial charge >= 0.3 is 0 Å². The highest BCUT2D eigenvalue weighted by Gasteiger charge is 2.16. The monoisotopic (exact) mass is 471 g/mol. The molecule has 0 atom stereocenters. The van der Waals surface area contributed by atoms with Gasteiger partial charge in [0.1, 0.15) is 11.3 Å². The van der Waals surface area contributed by atoms with E-state index in [1.807, 2.05) is 69.3 Å². The molecule has 0 unspecified atom stereocenters. The van der Waals surface area contributed by atoms with Crippen molar-refractivity contribution in [1.82, 2.24) is 0 Å². The summed E-state index contributed by atoms with van der Waals surface area (Å²) in [4.78, 5) is 12.8. The van der Waals surface area contributed by atoms with Crippen LogP contribution in [0.1, 0.15) is 23.6 Å². The highest BCUT2D eigenvalue weighted by Crippen LogP contribution is 2.39. The minimum absolute atomic E-state index is 0.203. The molecule has 6 heteroatoms. The summed E-state index contributed by atoms with van der Waals surface area (Å²) < 4.78 is 22.3. The van der Waals surface area contributed by atoms with Gasteiger partial charge in [0.05, 0.1) is 27.6 Å². The number of ether oxygens (including phenoxy) is 3. The van der Waals surface area contributed by atoms with Crippen LogP contribution < -0.4 is 19.5 Å². The van der Waals surface area contributed by atoms with E-state index in [0.29, 0.717) is 22.8 Å². The van der Waals surface area contributed by atoms with Crippen LogP contribution >= 0.6 is 0 Å². The molecule has 1 amide bonds. The maximum atomic E-state index is 12.8. The Morgan fingerprint density at radius 3 is 2.34 bits per heavy atom. The Bertz CT molecular complexity index is 1430. The summed E-state index contributed by atoms with van der Waals surface area (Å²) in [5.41, 5.74) is 6.97. The molecule has 0 radical (unpaired) electrons. The summed E-state index contributed by atoms with van der Waals surface area (Å²) in [5, 5.41) is 3.88. The van der Waals surface area contributed by atoms with Gasteiger partial charge < -0.3 is 23.9 Å². The number of aryl methyl sites for hydroxylation is 2. The van der Waals surface area contributed by atoms with Crippen LogP contribution in [0, 0.1) is 13.8 Å². The number of fused-ring (bicyclic) bond motifs is 1. The lowest BCUT2D eigenvalue weighted by Crippen LogP contribution is -2.10. The van der Waals surface area contributed by atoms with Crippen LogP contribution in [0.4, 0.5) is 5.69 Å². The van der Waals surface area contributed by atoms with E-state index in [0.717, 1.165) is 44.5 Å². The van der Waals surface area contributed by atoms with Crippen molar-refractivity contribution in [2.75, 3.05) is 26.6 Å². The van der Waals surface area contributed by atoms with Crippen molar-refractivity contribution < 1.29 is 23.4 Å². The van der Waals surface area contributed by atoms with Gasteiger partial charge in [-0.05, 0) is 67.3 Å². The molecule has 1 heterocycles. The third-order valence-electron chi connectivity index (χ3n) is 6.01. The van der Waals surface area contributed by atoms with Crippen molar-refractivity contribution >= 4 is 28.1 Å². The molecule has 0 saturated carbocycles. The van der Waals surface area contributed by atoms with Gasteiger partial charge in [-0.2, -0.15) is 0 Å². The lowest BCUT2D eigenvalue weighted by atomic mass is 9.99. The van der Waals surface area contributed by atoms with E-state index in [9.17, 15) is 4.79 Å². The molecule has 0 aliphatic heterocycles. The number of rotatable bonds is 7. The van der Waals surface area contributed by atoms with Crippen molar-refractivity contribution in [3.63, 3.8) is 0 Å². The van der Waals surface area contributed by atoms with Crippen LogP contribution in [-0.2, 0) is 4.79 Å². The largest absolute Gasteiger partial charge is 0.496 e. The molecule has 0 fully saturated rings. The first-order valence-electron chi connectivity index (χ1n) is 11.2. The fourth-order valence-corrected chi connectivity index (χ4v) is 4.07. The number of anilines is 1. The number of hydrogen-bond acceptors (Lipinski definition) is 5.